The normalized spacial score (nSPS) is 11.8. The maximum absolute atomic E-state index is 12.9. The van der Waals surface area contributed by atoms with Crippen molar-refractivity contribution in [3.05, 3.63) is 42.5 Å². The summed E-state index contributed by atoms with van der Waals surface area (Å²) in [5, 5.41) is 4.97. The van der Waals surface area contributed by atoms with Crippen LogP contribution in [0.1, 0.15) is 19.8 Å². The SMILES string of the molecule is CCCC(NC(N)=O)C(=O)Nc1ccc(OC)c(S(=O)(=O)Nc2ccc(OC)cc2)c1. The summed E-state index contributed by atoms with van der Waals surface area (Å²) in [7, 11) is -1.19. The Morgan fingerprint density at radius 2 is 1.68 bits per heavy atom. The van der Waals surface area contributed by atoms with Gasteiger partial charge < -0.3 is 25.8 Å². The van der Waals surface area contributed by atoms with E-state index in [9.17, 15) is 18.0 Å². The molecule has 2 aromatic carbocycles. The first kappa shape index (κ1) is 23.8. The van der Waals surface area contributed by atoms with Gasteiger partial charge in [-0.05, 0) is 48.9 Å². The van der Waals surface area contributed by atoms with E-state index in [2.05, 4.69) is 15.4 Å². The molecule has 0 bridgehead atoms. The first-order valence-corrected chi connectivity index (χ1v) is 10.9. The minimum Gasteiger partial charge on any atom is -0.497 e. The van der Waals surface area contributed by atoms with Gasteiger partial charge in [0, 0.05) is 11.4 Å². The predicted molar refractivity (Wildman–Crippen MR) is 117 cm³/mol. The Balaban J connectivity index is 2.29. The Kier molecular flexibility index (Phi) is 8.08. The molecule has 3 amide bonds. The van der Waals surface area contributed by atoms with Gasteiger partial charge in [0.1, 0.15) is 22.4 Å². The largest absolute Gasteiger partial charge is 0.497 e. The number of primary amides is 1. The number of sulfonamides is 1. The van der Waals surface area contributed by atoms with E-state index in [1.54, 1.807) is 24.3 Å². The number of nitrogens with two attached hydrogens (primary N) is 1. The van der Waals surface area contributed by atoms with Crippen LogP contribution in [-0.2, 0) is 14.8 Å². The highest BCUT2D eigenvalue weighted by atomic mass is 32.2. The summed E-state index contributed by atoms with van der Waals surface area (Å²) in [6, 6.07) is 8.87. The summed E-state index contributed by atoms with van der Waals surface area (Å²) in [4.78, 5) is 23.5. The van der Waals surface area contributed by atoms with E-state index < -0.39 is 28.0 Å². The smallest absolute Gasteiger partial charge is 0.312 e. The molecule has 10 nitrogen and oxygen atoms in total. The van der Waals surface area contributed by atoms with E-state index in [1.807, 2.05) is 6.92 Å². The highest BCUT2D eigenvalue weighted by Crippen LogP contribution is 2.29. The molecule has 31 heavy (non-hydrogen) atoms. The number of hydrogen-bond acceptors (Lipinski definition) is 6. The molecule has 0 spiro atoms. The number of hydrogen-bond donors (Lipinski definition) is 4. The van der Waals surface area contributed by atoms with Crippen LogP contribution in [-0.4, -0.2) is 40.6 Å². The molecule has 0 aliphatic rings. The highest BCUT2D eigenvalue weighted by molar-refractivity contribution is 7.92. The Labute approximate surface area is 181 Å². The Bertz CT molecular complexity index is 1020. The molecule has 0 heterocycles. The van der Waals surface area contributed by atoms with Gasteiger partial charge in [-0.15, -0.1) is 0 Å². The third kappa shape index (κ3) is 6.51. The maximum atomic E-state index is 12.9. The first-order chi connectivity index (χ1) is 14.7. The van der Waals surface area contributed by atoms with Crippen molar-refractivity contribution >= 4 is 33.3 Å². The van der Waals surface area contributed by atoms with Crippen LogP contribution < -0.4 is 30.6 Å². The van der Waals surface area contributed by atoms with Gasteiger partial charge in [-0.1, -0.05) is 13.3 Å². The molecular weight excluding hydrogens is 424 g/mol. The fourth-order valence-electron chi connectivity index (χ4n) is 2.79. The molecule has 0 aromatic heterocycles. The average molecular weight is 451 g/mol. The molecule has 0 saturated carbocycles. The van der Waals surface area contributed by atoms with Crippen molar-refractivity contribution < 1.29 is 27.5 Å². The molecule has 0 saturated heterocycles. The highest BCUT2D eigenvalue weighted by Gasteiger charge is 2.23. The zero-order valence-electron chi connectivity index (χ0n) is 17.5. The van der Waals surface area contributed by atoms with Crippen LogP contribution in [0.3, 0.4) is 0 Å². The minimum atomic E-state index is -4.04. The summed E-state index contributed by atoms with van der Waals surface area (Å²) in [5.74, 6) is 0.160. The second kappa shape index (κ2) is 10.5. The molecule has 1 unspecified atom stereocenters. The van der Waals surface area contributed by atoms with Gasteiger partial charge in [-0.3, -0.25) is 9.52 Å². The third-order valence-electron chi connectivity index (χ3n) is 4.27. The van der Waals surface area contributed by atoms with Gasteiger partial charge in [0.15, 0.2) is 0 Å². The fraction of sp³-hybridized carbons (Fsp3) is 0.300. The minimum absolute atomic E-state index is 0.0966. The van der Waals surface area contributed by atoms with Crippen molar-refractivity contribution in [3.8, 4) is 11.5 Å². The molecule has 5 N–H and O–H groups in total. The van der Waals surface area contributed by atoms with E-state index in [0.717, 1.165) is 0 Å². The van der Waals surface area contributed by atoms with Crippen molar-refractivity contribution in [2.45, 2.75) is 30.7 Å². The van der Waals surface area contributed by atoms with Gasteiger partial charge in [0.25, 0.3) is 10.0 Å². The van der Waals surface area contributed by atoms with E-state index in [0.29, 0.717) is 24.3 Å². The van der Waals surface area contributed by atoms with Crippen molar-refractivity contribution in [2.75, 3.05) is 24.3 Å². The van der Waals surface area contributed by atoms with Gasteiger partial charge in [-0.25, -0.2) is 13.2 Å². The van der Waals surface area contributed by atoms with E-state index >= 15 is 0 Å². The number of methoxy groups -OCH3 is 2. The van der Waals surface area contributed by atoms with Crippen LogP contribution in [0.5, 0.6) is 11.5 Å². The van der Waals surface area contributed by atoms with E-state index in [-0.39, 0.29) is 16.3 Å². The topological polar surface area (TPSA) is 149 Å². The molecule has 0 aliphatic heterocycles. The first-order valence-electron chi connectivity index (χ1n) is 9.42. The number of ether oxygens (including phenoxy) is 2. The van der Waals surface area contributed by atoms with Crippen molar-refractivity contribution in [1.82, 2.24) is 5.32 Å². The van der Waals surface area contributed by atoms with E-state index in [1.165, 1.54) is 32.4 Å². The number of benzene rings is 2. The number of nitrogens with one attached hydrogen (secondary N) is 3. The van der Waals surface area contributed by atoms with Gasteiger partial charge in [0.05, 0.1) is 14.2 Å². The summed E-state index contributed by atoms with van der Waals surface area (Å²) >= 11 is 0. The maximum Gasteiger partial charge on any atom is 0.312 e. The lowest BCUT2D eigenvalue weighted by Crippen LogP contribution is -2.46. The summed E-state index contributed by atoms with van der Waals surface area (Å²) in [5.41, 5.74) is 5.66. The van der Waals surface area contributed by atoms with Crippen molar-refractivity contribution in [3.63, 3.8) is 0 Å². The van der Waals surface area contributed by atoms with E-state index in [4.69, 9.17) is 15.2 Å². The van der Waals surface area contributed by atoms with Gasteiger partial charge >= 0.3 is 6.03 Å². The van der Waals surface area contributed by atoms with Crippen LogP contribution >= 0.6 is 0 Å². The average Bonchev–Trinajstić information content (AvgIpc) is 2.73. The van der Waals surface area contributed by atoms with Crippen LogP contribution in [0.25, 0.3) is 0 Å². The standard InChI is InChI=1S/C20H26N4O6S/c1-4-5-16(23-20(21)26)19(25)22-14-8-11-17(30-3)18(12-14)31(27,28)24-13-6-9-15(29-2)10-7-13/h6-12,16,24H,4-5H2,1-3H3,(H,22,25)(H3,21,23,26). The summed E-state index contributed by atoms with van der Waals surface area (Å²) < 4.78 is 38.6. The monoisotopic (exact) mass is 450 g/mol. The number of rotatable bonds is 10. The molecule has 0 radical (unpaired) electrons. The lowest BCUT2D eigenvalue weighted by molar-refractivity contribution is -0.118. The second-order valence-electron chi connectivity index (χ2n) is 6.54. The number of carbonyl (C=O) groups is 2. The predicted octanol–water partition coefficient (Wildman–Crippen LogP) is 2.28. The van der Waals surface area contributed by atoms with Crippen LogP contribution in [0, 0.1) is 0 Å². The molecule has 11 heteroatoms. The van der Waals surface area contributed by atoms with Crippen LogP contribution in [0.4, 0.5) is 16.2 Å². The third-order valence-corrected chi connectivity index (χ3v) is 5.68. The summed E-state index contributed by atoms with van der Waals surface area (Å²) in [6.07, 6.45) is 1.00. The second-order valence-corrected chi connectivity index (χ2v) is 8.19. The fourth-order valence-corrected chi connectivity index (χ4v) is 4.05. The number of urea groups is 1. The zero-order valence-corrected chi connectivity index (χ0v) is 18.3. The lowest BCUT2D eigenvalue weighted by atomic mass is 10.1. The molecule has 1 atom stereocenters. The number of carbonyl (C=O) groups excluding carboxylic acids is 2. The molecule has 2 rings (SSSR count). The quantitative estimate of drug-likeness (QED) is 0.436. The molecule has 2 aromatic rings. The van der Waals surface area contributed by atoms with Crippen LogP contribution in [0.2, 0.25) is 0 Å². The summed E-state index contributed by atoms with van der Waals surface area (Å²) in [6.45, 7) is 1.85. The van der Waals surface area contributed by atoms with Gasteiger partial charge in [-0.2, -0.15) is 0 Å². The van der Waals surface area contributed by atoms with Gasteiger partial charge in [0.2, 0.25) is 5.91 Å². The van der Waals surface area contributed by atoms with Crippen molar-refractivity contribution in [2.24, 2.45) is 5.73 Å². The number of amides is 3. The number of anilines is 2. The Hall–Kier alpha value is -3.47. The molecule has 168 valence electrons. The van der Waals surface area contributed by atoms with Crippen LogP contribution in [0.15, 0.2) is 47.4 Å². The zero-order chi connectivity index (χ0) is 23.0. The Morgan fingerprint density at radius 3 is 2.23 bits per heavy atom. The van der Waals surface area contributed by atoms with Crippen molar-refractivity contribution in [1.29, 1.82) is 0 Å². The molecule has 0 aliphatic carbocycles. The Morgan fingerprint density at radius 1 is 1.03 bits per heavy atom. The lowest BCUT2D eigenvalue weighted by Gasteiger charge is -2.18. The molecule has 0 fully saturated rings. The molecular formula is C20H26N4O6S.